The van der Waals surface area contributed by atoms with Gasteiger partial charge in [0.15, 0.2) is 0 Å². The van der Waals surface area contributed by atoms with Crippen LogP contribution in [0.2, 0.25) is 0 Å². The van der Waals surface area contributed by atoms with Crippen molar-refractivity contribution in [3.63, 3.8) is 0 Å². The first-order valence-corrected chi connectivity index (χ1v) is 11.9. The molecule has 172 valence electrons. The molecule has 4 nitrogen and oxygen atoms in total. The van der Waals surface area contributed by atoms with E-state index < -0.39 is 0 Å². The van der Waals surface area contributed by atoms with Crippen LogP contribution in [0, 0.1) is 0 Å². The number of unbranched alkanes of at least 4 members (excludes halogenated alkanes) is 2. The molecular formula is C28H38N2O2. The summed E-state index contributed by atoms with van der Waals surface area (Å²) in [5.41, 5.74) is 3.66. The highest BCUT2D eigenvalue weighted by molar-refractivity contribution is 5.88. The maximum absolute atomic E-state index is 12.5. The zero-order valence-corrected chi connectivity index (χ0v) is 19.8. The van der Waals surface area contributed by atoms with Crippen LogP contribution in [-0.4, -0.2) is 24.0 Å². The van der Waals surface area contributed by atoms with Crippen LogP contribution in [0.4, 0.5) is 0 Å². The van der Waals surface area contributed by atoms with Gasteiger partial charge in [0.25, 0.3) is 0 Å². The van der Waals surface area contributed by atoms with Crippen LogP contribution in [0.25, 0.3) is 5.57 Å². The largest absolute Gasteiger partial charge is 0.497 e. The average molecular weight is 435 g/mol. The Bertz CT molecular complexity index is 841. The van der Waals surface area contributed by atoms with Gasteiger partial charge in [0.1, 0.15) is 5.75 Å². The average Bonchev–Trinajstić information content (AvgIpc) is 2.83. The molecule has 1 N–H and O–H groups in total. The van der Waals surface area contributed by atoms with Crippen LogP contribution in [-0.2, 0) is 11.2 Å². The van der Waals surface area contributed by atoms with E-state index in [9.17, 15) is 4.79 Å². The van der Waals surface area contributed by atoms with Gasteiger partial charge in [-0.1, -0.05) is 57.0 Å². The standard InChI is InChI=1S/C28H38N2O2/c1-4-6-7-13-24(25-17-19-27(32-3)20-18-25)14-9-16-28(31)30-26(5-2)15-8-11-23-12-10-21-29-22-23/h9-10,12,14,16-22,26H,4-8,11,13,15H2,1-3H3,(H,30,31)/t26-/m0/s1. The van der Waals surface area contributed by atoms with Crippen LogP contribution in [0.3, 0.4) is 0 Å². The molecule has 0 radical (unpaired) electrons. The molecule has 0 fully saturated rings. The predicted molar refractivity (Wildman–Crippen MR) is 134 cm³/mol. The van der Waals surface area contributed by atoms with Gasteiger partial charge in [0, 0.05) is 24.5 Å². The van der Waals surface area contributed by atoms with Gasteiger partial charge in [0.05, 0.1) is 7.11 Å². The number of carbonyl (C=O) groups excluding carboxylic acids is 1. The van der Waals surface area contributed by atoms with Gasteiger partial charge in [-0.3, -0.25) is 9.78 Å². The Hall–Kier alpha value is -2.88. The minimum absolute atomic E-state index is 0.0304. The van der Waals surface area contributed by atoms with E-state index in [1.165, 1.54) is 29.5 Å². The maximum atomic E-state index is 12.5. The van der Waals surface area contributed by atoms with E-state index in [0.717, 1.165) is 44.3 Å². The molecule has 1 amide bonds. The fraction of sp³-hybridized carbons (Fsp3) is 0.429. The highest BCUT2D eigenvalue weighted by Crippen LogP contribution is 2.23. The summed E-state index contributed by atoms with van der Waals surface area (Å²) >= 11 is 0. The molecule has 0 spiro atoms. The van der Waals surface area contributed by atoms with E-state index in [1.807, 2.05) is 30.5 Å². The van der Waals surface area contributed by atoms with E-state index in [4.69, 9.17) is 4.74 Å². The number of hydrogen-bond donors (Lipinski definition) is 1. The summed E-state index contributed by atoms with van der Waals surface area (Å²) in [7, 11) is 1.68. The summed E-state index contributed by atoms with van der Waals surface area (Å²) in [4.78, 5) is 16.6. The fourth-order valence-corrected chi connectivity index (χ4v) is 3.67. The summed E-state index contributed by atoms with van der Waals surface area (Å²) in [5.74, 6) is 0.822. The zero-order chi connectivity index (χ0) is 23.0. The number of nitrogens with one attached hydrogen (secondary N) is 1. The van der Waals surface area contributed by atoms with Crippen molar-refractivity contribution in [3.05, 3.63) is 78.1 Å². The Morgan fingerprint density at radius 2 is 1.94 bits per heavy atom. The van der Waals surface area contributed by atoms with E-state index in [-0.39, 0.29) is 11.9 Å². The van der Waals surface area contributed by atoms with Gasteiger partial charge in [-0.15, -0.1) is 0 Å². The normalized spacial score (nSPS) is 12.7. The van der Waals surface area contributed by atoms with Crippen LogP contribution in [0.15, 0.2) is 67.0 Å². The summed E-state index contributed by atoms with van der Waals surface area (Å²) in [5, 5.41) is 3.15. The molecule has 4 heteroatoms. The highest BCUT2D eigenvalue weighted by atomic mass is 16.5. The smallest absolute Gasteiger partial charge is 0.244 e. The molecule has 2 aromatic rings. The second kappa shape index (κ2) is 15.0. The molecule has 0 saturated carbocycles. The van der Waals surface area contributed by atoms with Gasteiger partial charge in [-0.25, -0.2) is 0 Å². The maximum Gasteiger partial charge on any atom is 0.244 e. The van der Waals surface area contributed by atoms with Gasteiger partial charge >= 0.3 is 0 Å². The first-order valence-electron chi connectivity index (χ1n) is 11.9. The number of nitrogens with zero attached hydrogens (tertiary/aromatic N) is 1. The highest BCUT2D eigenvalue weighted by Gasteiger charge is 2.08. The second-order valence-corrected chi connectivity index (χ2v) is 8.10. The molecule has 0 saturated heterocycles. The third-order valence-corrected chi connectivity index (χ3v) is 5.64. The molecule has 0 aliphatic rings. The number of methoxy groups -OCH3 is 1. The Morgan fingerprint density at radius 1 is 1.12 bits per heavy atom. The zero-order valence-electron chi connectivity index (χ0n) is 19.8. The van der Waals surface area contributed by atoms with Crippen LogP contribution >= 0.6 is 0 Å². The Kier molecular flexibility index (Phi) is 11.9. The van der Waals surface area contributed by atoms with Crippen LogP contribution < -0.4 is 10.1 Å². The number of rotatable bonds is 14. The Balaban J connectivity index is 1.91. The number of allylic oxidation sites excluding steroid dienone is 3. The lowest BCUT2D eigenvalue weighted by atomic mass is 9.99. The number of aromatic nitrogens is 1. The number of pyridine rings is 1. The van der Waals surface area contributed by atoms with Crippen molar-refractivity contribution in [1.29, 1.82) is 0 Å². The minimum atomic E-state index is -0.0304. The SMILES string of the molecule is CCCCCC(=CC=CC(=O)N[C@@H](CC)CCCc1cccnc1)c1ccc(OC)cc1. The lowest BCUT2D eigenvalue weighted by molar-refractivity contribution is -0.117. The molecule has 0 bridgehead atoms. The number of hydrogen-bond acceptors (Lipinski definition) is 3. The summed E-state index contributed by atoms with van der Waals surface area (Å²) in [6.07, 6.45) is 17.7. The molecular weight excluding hydrogens is 396 g/mol. The first-order chi connectivity index (χ1) is 15.7. The molecule has 0 unspecified atom stereocenters. The fourth-order valence-electron chi connectivity index (χ4n) is 3.67. The minimum Gasteiger partial charge on any atom is -0.497 e. The van der Waals surface area contributed by atoms with Crippen molar-refractivity contribution in [3.8, 4) is 5.75 Å². The van der Waals surface area contributed by atoms with Crippen LogP contribution in [0.1, 0.15) is 69.9 Å². The van der Waals surface area contributed by atoms with E-state index in [2.05, 4.69) is 48.4 Å². The van der Waals surface area contributed by atoms with Crippen molar-refractivity contribution < 1.29 is 9.53 Å². The lowest BCUT2D eigenvalue weighted by Crippen LogP contribution is -2.33. The second-order valence-electron chi connectivity index (χ2n) is 8.10. The molecule has 1 heterocycles. The Morgan fingerprint density at radius 3 is 2.59 bits per heavy atom. The molecule has 0 aliphatic carbocycles. The van der Waals surface area contributed by atoms with Crippen molar-refractivity contribution in [1.82, 2.24) is 10.3 Å². The third-order valence-electron chi connectivity index (χ3n) is 5.64. The number of carbonyl (C=O) groups is 1. The van der Waals surface area contributed by atoms with E-state index in [0.29, 0.717) is 0 Å². The molecule has 0 aliphatic heterocycles. The van der Waals surface area contributed by atoms with Gasteiger partial charge in [-0.05, 0) is 73.4 Å². The quantitative estimate of drug-likeness (QED) is 0.209. The van der Waals surface area contributed by atoms with E-state index in [1.54, 1.807) is 19.4 Å². The first kappa shape index (κ1) is 25.4. The third kappa shape index (κ3) is 9.51. The monoisotopic (exact) mass is 434 g/mol. The van der Waals surface area contributed by atoms with Gasteiger partial charge < -0.3 is 10.1 Å². The number of benzene rings is 1. The number of ether oxygens (including phenoxy) is 1. The summed E-state index contributed by atoms with van der Waals surface area (Å²) < 4.78 is 5.27. The van der Waals surface area contributed by atoms with Crippen molar-refractivity contribution in [2.45, 2.75) is 71.3 Å². The Labute approximate surface area is 193 Å². The van der Waals surface area contributed by atoms with Crippen molar-refractivity contribution in [2.75, 3.05) is 7.11 Å². The molecule has 1 aromatic heterocycles. The predicted octanol–water partition coefficient (Wildman–Crippen LogP) is 6.53. The van der Waals surface area contributed by atoms with Gasteiger partial charge in [-0.2, -0.15) is 0 Å². The summed E-state index contributed by atoms with van der Waals surface area (Å²) in [6, 6.07) is 12.4. The van der Waals surface area contributed by atoms with Crippen molar-refractivity contribution >= 4 is 11.5 Å². The van der Waals surface area contributed by atoms with E-state index >= 15 is 0 Å². The molecule has 1 aromatic carbocycles. The number of aryl methyl sites for hydroxylation is 1. The topological polar surface area (TPSA) is 51.2 Å². The molecule has 2 rings (SSSR count). The van der Waals surface area contributed by atoms with Gasteiger partial charge in [0.2, 0.25) is 5.91 Å². The van der Waals surface area contributed by atoms with Crippen molar-refractivity contribution in [2.24, 2.45) is 0 Å². The summed E-state index contributed by atoms with van der Waals surface area (Å²) in [6.45, 7) is 4.33. The lowest BCUT2D eigenvalue weighted by Gasteiger charge is -2.15. The molecule has 1 atom stereocenters. The van der Waals surface area contributed by atoms with Crippen LogP contribution in [0.5, 0.6) is 5.75 Å². The number of amides is 1. The molecule has 32 heavy (non-hydrogen) atoms.